The second-order valence-corrected chi connectivity index (χ2v) is 0. The molecule has 0 saturated heterocycles. The highest BCUT2D eigenvalue weighted by atomic mass is 13.0. The molecule has 0 heterocycles. The quantitative estimate of drug-likeness (QED) is 0.401. The zero-order valence-corrected chi connectivity index (χ0v) is 22.0. The summed E-state index contributed by atoms with van der Waals surface area (Å²) in [6.07, 6.45) is 0. The molecule has 0 aliphatic heterocycles. The van der Waals surface area contributed by atoms with E-state index in [1.54, 1.807) is 0 Å². The second-order valence-electron chi connectivity index (χ2n) is 0. The van der Waals surface area contributed by atoms with Gasteiger partial charge in [-0.25, -0.2) is 0 Å². The third-order valence-corrected chi connectivity index (χ3v) is 0. The van der Waals surface area contributed by atoms with Crippen LogP contribution >= 0.6 is 0 Å². The Morgan fingerprint density at radius 1 is 0.125 bits per heavy atom. The zero-order valence-electron chi connectivity index (χ0n) is 22.0. The molecule has 0 radical (unpaired) electrons. The SMILES string of the molecule is C.C.CC.CC.CC.CC.CC.CC.CC.CC.CC.CC.CC. The minimum absolute atomic E-state index is 0. The van der Waals surface area contributed by atoms with E-state index < -0.39 is 0 Å². The first-order valence-electron chi connectivity index (χ1n) is 11.0. The Bertz CT molecular complexity index is 0. The van der Waals surface area contributed by atoms with Crippen LogP contribution in [0.1, 0.15) is 167 Å². The minimum Gasteiger partial charge on any atom is -0.0776 e. The van der Waals surface area contributed by atoms with Gasteiger partial charge in [0.25, 0.3) is 0 Å². The normalized spacial score (nSPS) is 2.75. The average Bonchev–Trinajstić information content (AvgIpc) is 2.78. The van der Waals surface area contributed by atoms with Crippen LogP contribution in [0.25, 0.3) is 0 Å². The molecule has 0 aliphatic carbocycles. The molecule has 0 saturated carbocycles. The number of rotatable bonds is 0. The van der Waals surface area contributed by atoms with Crippen molar-refractivity contribution in [3.8, 4) is 0 Å². The van der Waals surface area contributed by atoms with Crippen molar-refractivity contribution in [2.24, 2.45) is 0 Å². The first-order valence-corrected chi connectivity index (χ1v) is 11.0. The highest BCUT2D eigenvalue weighted by Crippen LogP contribution is 1.16. The molecule has 0 spiro atoms. The van der Waals surface area contributed by atoms with Crippen molar-refractivity contribution in [2.75, 3.05) is 0 Å². The molecule has 0 bridgehead atoms. The van der Waals surface area contributed by atoms with Crippen molar-refractivity contribution in [1.82, 2.24) is 0 Å². The Kier molecular flexibility index (Phi) is 0. The van der Waals surface area contributed by atoms with Crippen molar-refractivity contribution in [3.05, 3.63) is 0 Å². The Hall–Kier alpha value is 0. The molecule has 0 fully saturated rings. The van der Waals surface area contributed by atoms with Gasteiger partial charge in [-0.3, -0.25) is 0 Å². The molecule has 0 aromatic rings. The van der Waals surface area contributed by atoms with Crippen molar-refractivity contribution in [1.29, 1.82) is 0 Å². The first kappa shape index (κ1) is 105. The predicted octanol–water partition coefficient (Wildman–Crippen LogP) is 12.6. The summed E-state index contributed by atoms with van der Waals surface area (Å²) in [6, 6.07) is 0. The molecule has 0 aromatic heterocycles. The van der Waals surface area contributed by atoms with Gasteiger partial charge < -0.3 is 0 Å². The summed E-state index contributed by atoms with van der Waals surface area (Å²) in [6.45, 7) is 44.0. The van der Waals surface area contributed by atoms with Crippen LogP contribution in [0, 0.1) is 0 Å². The molecule has 0 aromatic carbocycles. The minimum atomic E-state index is 0. The second kappa shape index (κ2) is 0. The Labute approximate surface area is 167 Å². The molecule has 0 atom stereocenters. The van der Waals surface area contributed by atoms with Crippen LogP contribution in [0.4, 0.5) is 0 Å². The molecular formula is C24H74. The van der Waals surface area contributed by atoms with Gasteiger partial charge in [0.1, 0.15) is 0 Å². The van der Waals surface area contributed by atoms with Gasteiger partial charge in [0, 0.05) is 0 Å². The fraction of sp³-hybridized carbons (Fsp3) is 1.00. The maximum absolute atomic E-state index is 2.00. The van der Waals surface area contributed by atoms with Crippen LogP contribution in [0.15, 0.2) is 0 Å². The van der Waals surface area contributed by atoms with Crippen LogP contribution < -0.4 is 0 Å². The van der Waals surface area contributed by atoms with Crippen LogP contribution in [0.3, 0.4) is 0 Å². The zero-order chi connectivity index (χ0) is 22.0. The molecule has 0 heteroatoms. The van der Waals surface area contributed by atoms with Gasteiger partial charge in [0.2, 0.25) is 0 Å². The number of hydrogen-bond acceptors (Lipinski definition) is 0. The molecule has 170 valence electrons. The topological polar surface area (TPSA) is 0 Å². The molecule has 0 N–H and O–H groups in total. The molecule has 0 rings (SSSR count). The van der Waals surface area contributed by atoms with Crippen molar-refractivity contribution < 1.29 is 0 Å². The van der Waals surface area contributed by atoms with Crippen molar-refractivity contribution >= 4 is 0 Å². The molecule has 0 unspecified atom stereocenters. The lowest BCUT2D eigenvalue weighted by atomic mass is 11.0. The summed E-state index contributed by atoms with van der Waals surface area (Å²) >= 11 is 0. The fourth-order valence-electron chi connectivity index (χ4n) is 0. The summed E-state index contributed by atoms with van der Waals surface area (Å²) in [4.78, 5) is 0. The molecule has 0 aliphatic rings. The average molecular weight is 363 g/mol. The Morgan fingerprint density at radius 3 is 0.125 bits per heavy atom. The van der Waals surface area contributed by atoms with Gasteiger partial charge in [0.15, 0.2) is 0 Å². The lowest BCUT2D eigenvalue weighted by Gasteiger charge is -1.07. The standard InChI is InChI=1S/11C2H6.2CH4/c11*1-2;;/h11*1-2H3;2*1H4. The van der Waals surface area contributed by atoms with E-state index in [0.717, 1.165) is 0 Å². The van der Waals surface area contributed by atoms with E-state index in [-0.39, 0.29) is 14.9 Å². The summed E-state index contributed by atoms with van der Waals surface area (Å²) in [5, 5.41) is 0. The first-order chi connectivity index (χ1) is 11.0. The lowest BCUT2D eigenvalue weighted by molar-refractivity contribution is 1.50. The Morgan fingerprint density at radius 2 is 0.125 bits per heavy atom. The van der Waals surface area contributed by atoms with E-state index in [4.69, 9.17) is 0 Å². The third-order valence-electron chi connectivity index (χ3n) is 0. The highest BCUT2D eigenvalue weighted by Gasteiger charge is 0.952. The maximum atomic E-state index is 2.00. The van der Waals surface area contributed by atoms with Crippen molar-refractivity contribution in [2.45, 2.75) is 167 Å². The van der Waals surface area contributed by atoms with E-state index in [9.17, 15) is 0 Å². The van der Waals surface area contributed by atoms with E-state index >= 15 is 0 Å². The monoisotopic (exact) mass is 363 g/mol. The van der Waals surface area contributed by atoms with E-state index in [1.165, 1.54) is 0 Å². The predicted molar refractivity (Wildman–Crippen MR) is 138 cm³/mol. The fourth-order valence-corrected chi connectivity index (χ4v) is 0. The van der Waals surface area contributed by atoms with Crippen LogP contribution in [-0.4, -0.2) is 0 Å². The van der Waals surface area contributed by atoms with E-state index in [1.807, 2.05) is 152 Å². The van der Waals surface area contributed by atoms with Crippen LogP contribution in [0.5, 0.6) is 0 Å². The molecular weight excluding hydrogens is 288 g/mol. The van der Waals surface area contributed by atoms with Gasteiger partial charge in [-0.05, 0) is 0 Å². The smallest absolute Gasteiger partial charge is 0.0683 e. The van der Waals surface area contributed by atoms with Gasteiger partial charge in [-0.2, -0.15) is 0 Å². The summed E-state index contributed by atoms with van der Waals surface area (Å²) in [5.74, 6) is 0. The summed E-state index contributed by atoms with van der Waals surface area (Å²) < 4.78 is 0. The third kappa shape index (κ3) is 0. The number of hydrogen-bond donors (Lipinski definition) is 0. The van der Waals surface area contributed by atoms with Gasteiger partial charge in [0.05, 0.1) is 0 Å². The highest BCUT2D eigenvalue weighted by molar-refractivity contribution is 3.52. The Balaban J connectivity index is -0.00000000500. The molecule has 0 amide bonds. The summed E-state index contributed by atoms with van der Waals surface area (Å²) in [5.41, 5.74) is 0. The van der Waals surface area contributed by atoms with Gasteiger partial charge >= 0.3 is 0 Å². The lowest BCUT2D eigenvalue weighted by Crippen LogP contribution is -0.856. The molecule has 24 heavy (non-hydrogen) atoms. The largest absolute Gasteiger partial charge is 0.0776 e. The summed E-state index contributed by atoms with van der Waals surface area (Å²) in [7, 11) is 0. The van der Waals surface area contributed by atoms with E-state index in [0.29, 0.717) is 0 Å². The van der Waals surface area contributed by atoms with Gasteiger partial charge in [-0.1, -0.05) is 167 Å². The van der Waals surface area contributed by atoms with E-state index in [2.05, 4.69) is 0 Å². The van der Waals surface area contributed by atoms with Crippen LogP contribution in [-0.2, 0) is 0 Å². The van der Waals surface area contributed by atoms with Crippen molar-refractivity contribution in [3.63, 3.8) is 0 Å². The molecule has 0 nitrogen and oxygen atoms in total. The maximum Gasteiger partial charge on any atom is -0.0683 e. The van der Waals surface area contributed by atoms with Gasteiger partial charge in [-0.15, -0.1) is 0 Å². The van der Waals surface area contributed by atoms with Crippen LogP contribution in [0.2, 0.25) is 0 Å².